The maximum atomic E-state index is 12.2. The van der Waals surface area contributed by atoms with E-state index >= 15 is 0 Å². The summed E-state index contributed by atoms with van der Waals surface area (Å²) in [5, 5.41) is 5.25. The Morgan fingerprint density at radius 1 is 1.21 bits per heavy atom. The molecule has 2 heterocycles. The zero-order valence-electron chi connectivity index (χ0n) is 10.3. The lowest BCUT2D eigenvalue weighted by atomic mass is 9.88. The first kappa shape index (κ1) is 16.5. The van der Waals surface area contributed by atoms with E-state index in [0.717, 1.165) is 25.9 Å². The van der Waals surface area contributed by atoms with Crippen molar-refractivity contribution < 1.29 is 22.7 Å². The summed E-state index contributed by atoms with van der Waals surface area (Å²) in [6.45, 7) is 2.12. The van der Waals surface area contributed by atoms with E-state index in [4.69, 9.17) is 4.74 Å². The molecular formula is C11H18ClF3N2O2. The van der Waals surface area contributed by atoms with Crippen molar-refractivity contribution in [3.63, 3.8) is 0 Å². The molecule has 0 aromatic rings. The summed E-state index contributed by atoms with van der Waals surface area (Å²) in [5.74, 6) is -1.63. The first-order chi connectivity index (χ1) is 8.48. The van der Waals surface area contributed by atoms with Gasteiger partial charge in [0, 0.05) is 6.61 Å². The normalized spacial score (nSPS) is 28.8. The standard InChI is InChI=1S/C11H17F3N2O2.ClH/c12-11(13,14)10(17)16-8-3-6-18-9(8)7-1-4-15-5-2-7;/h7-9,15H,1-6H2,(H,16,17);1H/t8-,9+;/m1./s1. The Hall–Kier alpha value is -0.530. The van der Waals surface area contributed by atoms with E-state index in [1.807, 2.05) is 0 Å². The van der Waals surface area contributed by atoms with Gasteiger partial charge in [-0.25, -0.2) is 0 Å². The Balaban J connectivity index is 0.00000180. The van der Waals surface area contributed by atoms with Crippen molar-refractivity contribution >= 4 is 18.3 Å². The van der Waals surface area contributed by atoms with Gasteiger partial charge in [-0.3, -0.25) is 4.79 Å². The topological polar surface area (TPSA) is 50.4 Å². The quantitative estimate of drug-likeness (QED) is 0.807. The Morgan fingerprint density at radius 2 is 1.84 bits per heavy atom. The molecule has 2 fully saturated rings. The fraction of sp³-hybridized carbons (Fsp3) is 0.909. The summed E-state index contributed by atoms with van der Waals surface area (Å²) in [6.07, 6.45) is -2.89. The molecule has 2 aliphatic heterocycles. The van der Waals surface area contributed by atoms with Crippen molar-refractivity contribution in [2.45, 2.75) is 37.6 Å². The number of alkyl halides is 3. The molecule has 4 nitrogen and oxygen atoms in total. The highest BCUT2D eigenvalue weighted by atomic mass is 35.5. The highest BCUT2D eigenvalue weighted by Crippen LogP contribution is 2.28. The third-order valence-electron chi connectivity index (χ3n) is 3.56. The number of nitrogens with one attached hydrogen (secondary N) is 2. The number of piperidine rings is 1. The van der Waals surface area contributed by atoms with Gasteiger partial charge in [-0.2, -0.15) is 13.2 Å². The number of halogens is 4. The summed E-state index contributed by atoms with van der Waals surface area (Å²) in [5.41, 5.74) is 0. The summed E-state index contributed by atoms with van der Waals surface area (Å²) >= 11 is 0. The molecule has 1 amide bonds. The lowest BCUT2D eigenvalue weighted by Gasteiger charge is -2.31. The average Bonchev–Trinajstić information content (AvgIpc) is 2.77. The Labute approximate surface area is 115 Å². The van der Waals surface area contributed by atoms with Gasteiger partial charge in [-0.15, -0.1) is 12.4 Å². The highest BCUT2D eigenvalue weighted by Gasteiger charge is 2.43. The van der Waals surface area contributed by atoms with Gasteiger partial charge in [0.15, 0.2) is 0 Å². The average molecular weight is 303 g/mol. The van der Waals surface area contributed by atoms with Crippen molar-refractivity contribution in [1.29, 1.82) is 0 Å². The molecular weight excluding hydrogens is 285 g/mol. The molecule has 0 aromatic heterocycles. The molecule has 0 radical (unpaired) electrons. The number of amides is 1. The van der Waals surface area contributed by atoms with Crippen molar-refractivity contribution in [3.8, 4) is 0 Å². The molecule has 0 saturated carbocycles. The third kappa shape index (κ3) is 4.22. The summed E-state index contributed by atoms with van der Waals surface area (Å²) in [6, 6.07) is -0.512. The molecule has 0 aliphatic carbocycles. The SMILES string of the molecule is Cl.O=C(N[C@@H]1CCO[C@H]1C1CCNCC1)C(F)(F)F. The fourth-order valence-electron chi connectivity index (χ4n) is 2.65. The molecule has 0 spiro atoms. The monoisotopic (exact) mass is 302 g/mol. The molecule has 8 heteroatoms. The second kappa shape index (κ2) is 6.76. The first-order valence-electron chi connectivity index (χ1n) is 6.18. The number of ether oxygens (including phenoxy) is 1. The van der Waals surface area contributed by atoms with Crippen LogP contribution >= 0.6 is 12.4 Å². The van der Waals surface area contributed by atoms with Crippen LogP contribution in [0.1, 0.15) is 19.3 Å². The largest absolute Gasteiger partial charge is 0.471 e. The van der Waals surface area contributed by atoms with Crippen LogP contribution in [0.5, 0.6) is 0 Å². The molecule has 2 atom stereocenters. The highest BCUT2D eigenvalue weighted by molar-refractivity contribution is 5.85. The molecule has 0 bridgehead atoms. The van der Waals surface area contributed by atoms with Crippen LogP contribution in [0.15, 0.2) is 0 Å². The summed E-state index contributed by atoms with van der Waals surface area (Å²) in [7, 11) is 0. The van der Waals surface area contributed by atoms with E-state index in [-0.39, 0.29) is 24.4 Å². The van der Waals surface area contributed by atoms with Gasteiger partial charge in [0.25, 0.3) is 0 Å². The first-order valence-corrected chi connectivity index (χ1v) is 6.18. The Bertz CT molecular complexity index is 309. The van der Waals surface area contributed by atoms with Crippen LogP contribution in [0.3, 0.4) is 0 Å². The van der Waals surface area contributed by atoms with E-state index < -0.39 is 18.1 Å². The Kier molecular flexibility index (Phi) is 5.88. The summed E-state index contributed by atoms with van der Waals surface area (Å²) < 4.78 is 42.1. The van der Waals surface area contributed by atoms with E-state index in [1.54, 1.807) is 0 Å². The van der Waals surface area contributed by atoms with Crippen LogP contribution in [-0.4, -0.2) is 43.9 Å². The van der Waals surface area contributed by atoms with Crippen molar-refractivity contribution in [1.82, 2.24) is 10.6 Å². The lowest BCUT2D eigenvalue weighted by molar-refractivity contribution is -0.174. The zero-order valence-corrected chi connectivity index (χ0v) is 11.1. The van der Waals surface area contributed by atoms with Crippen LogP contribution in [0, 0.1) is 5.92 Å². The third-order valence-corrected chi connectivity index (χ3v) is 3.56. The summed E-state index contributed by atoms with van der Waals surface area (Å²) in [4.78, 5) is 10.9. The molecule has 0 unspecified atom stereocenters. The van der Waals surface area contributed by atoms with E-state index in [2.05, 4.69) is 10.6 Å². The molecule has 112 valence electrons. The number of hydrogen-bond donors (Lipinski definition) is 2. The van der Waals surface area contributed by atoms with Crippen LogP contribution in [0.25, 0.3) is 0 Å². The van der Waals surface area contributed by atoms with Gasteiger partial charge in [-0.1, -0.05) is 0 Å². The fourth-order valence-corrected chi connectivity index (χ4v) is 2.65. The molecule has 2 aliphatic rings. The van der Waals surface area contributed by atoms with E-state index in [0.29, 0.717) is 13.0 Å². The van der Waals surface area contributed by atoms with Gasteiger partial charge in [-0.05, 0) is 38.3 Å². The minimum Gasteiger partial charge on any atom is -0.376 e. The molecule has 2 saturated heterocycles. The maximum absolute atomic E-state index is 12.2. The van der Waals surface area contributed by atoms with Crippen molar-refractivity contribution in [2.75, 3.05) is 19.7 Å². The van der Waals surface area contributed by atoms with Gasteiger partial charge in [0.05, 0.1) is 12.1 Å². The number of carbonyl (C=O) groups excluding carboxylic acids is 1. The molecule has 2 N–H and O–H groups in total. The minimum absolute atomic E-state index is 0. The van der Waals surface area contributed by atoms with Crippen LogP contribution < -0.4 is 10.6 Å². The van der Waals surface area contributed by atoms with Gasteiger partial charge in [0.1, 0.15) is 0 Å². The second-order valence-corrected chi connectivity index (χ2v) is 4.79. The second-order valence-electron chi connectivity index (χ2n) is 4.79. The number of rotatable bonds is 2. The van der Waals surface area contributed by atoms with Gasteiger partial charge >= 0.3 is 12.1 Å². The number of hydrogen-bond acceptors (Lipinski definition) is 3. The molecule has 2 rings (SSSR count). The van der Waals surface area contributed by atoms with Crippen LogP contribution in [0.2, 0.25) is 0 Å². The maximum Gasteiger partial charge on any atom is 0.471 e. The Morgan fingerprint density at radius 3 is 2.42 bits per heavy atom. The van der Waals surface area contributed by atoms with Crippen LogP contribution in [-0.2, 0) is 9.53 Å². The minimum atomic E-state index is -4.82. The molecule has 19 heavy (non-hydrogen) atoms. The predicted molar refractivity (Wildman–Crippen MR) is 65.2 cm³/mol. The smallest absolute Gasteiger partial charge is 0.376 e. The predicted octanol–water partition coefficient (Wildman–Crippen LogP) is 1.24. The van der Waals surface area contributed by atoms with Crippen molar-refractivity contribution in [3.05, 3.63) is 0 Å². The lowest BCUT2D eigenvalue weighted by Crippen LogP contribution is -2.49. The number of carbonyl (C=O) groups is 1. The van der Waals surface area contributed by atoms with Gasteiger partial charge in [0.2, 0.25) is 0 Å². The van der Waals surface area contributed by atoms with Crippen LogP contribution in [0.4, 0.5) is 13.2 Å². The molecule has 0 aromatic carbocycles. The van der Waals surface area contributed by atoms with E-state index in [1.165, 1.54) is 0 Å². The zero-order chi connectivity index (χ0) is 13.2. The van der Waals surface area contributed by atoms with Crippen molar-refractivity contribution in [2.24, 2.45) is 5.92 Å². The van der Waals surface area contributed by atoms with Gasteiger partial charge < -0.3 is 15.4 Å². The van der Waals surface area contributed by atoms with E-state index in [9.17, 15) is 18.0 Å².